The number of hydrogen-bond donors (Lipinski definition) is 1. The number of piperidine rings is 1. The van der Waals surface area contributed by atoms with Crippen LogP contribution in [-0.2, 0) is 16.6 Å². The second-order valence-corrected chi connectivity index (χ2v) is 9.64. The number of phenolic OH excluding ortho intramolecular Hbond substituents is 1. The third-order valence-electron chi connectivity index (χ3n) is 8.09. The Kier molecular flexibility index (Phi) is 4.12. The van der Waals surface area contributed by atoms with Crippen molar-refractivity contribution < 1.29 is 14.5 Å². The van der Waals surface area contributed by atoms with Gasteiger partial charge < -0.3 is 19.7 Å². The van der Waals surface area contributed by atoms with Crippen LogP contribution in [0.25, 0.3) is 0 Å². The highest BCUT2D eigenvalue weighted by Gasteiger charge is 2.68. The van der Waals surface area contributed by atoms with E-state index in [0.29, 0.717) is 18.2 Å². The van der Waals surface area contributed by atoms with Crippen LogP contribution in [0.15, 0.2) is 18.2 Å². The fourth-order valence-electron chi connectivity index (χ4n) is 6.77. The molecule has 1 aliphatic heterocycles. The van der Waals surface area contributed by atoms with Crippen LogP contribution in [0.1, 0.15) is 69.4 Å². The Hall–Kier alpha value is -1.10. The van der Waals surface area contributed by atoms with Crippen molar-refractivity contribution in [2.45, 2.75) is 81.8 Å². The summed E-state index contributed by atoms with van der Waals surface area (Å²) < 4.78 is 6.73. The smallest absolute Gasteiger partial charge is 0.130 e. The van der Waals surface area contributed by atoms with Crippen molar-refractivity contribution in [3.63, 3.8) is 0 Å². The number of likely N-dealkylation sites (tertiary alicyclic amines) is 1. The number of aromatic hydroxyl groups is 1. The van der Waals surface area contributed by atoms with Crippen LogP contribution >= 0.6 is 0 Å². The first kappa shape index (κ1) is 18.0. The number of hydroxylamine groups is 3. The topological polar surface area (TPSA) is 52.5 Å². The molecule has 27 heavy (non-hydrogen) atoms. The zero-order valence-electron chi connectivity index (χ0n) is 16.6. The molecule has 2 bridgehead atoms. The summed E-state index contributed by atoms with van der Waals surface area (Å²) in [7, 11) is 0. The van der Waals surface area contributed by atoms with Gasteiger partial charge in [0.15, 0.2) is 0 Å². The number of nitrogens with zero attached hydrogens (tertiary/aromatic N) is 1. The minimum atomic E-state index is -0.350. The van der Waals surface area contributed by atoms with Crippen LogP contribution in [0, 0.1) is 11.1 Å². The molecule has 3 fully saturated rings. The molecular weight excluding hydrogens is 338 g/mol. The van der Waals surface area contributed by atoms with E-state index in [0.717, 1.165) is 51.7 Å². The Morgan fingerprint density at radius 2 is 2.04 bits per heavy atom. The molecule has 1 heterocycles. The van der Waals surface area contributed by atoms with Crippen molar-refractivity contribution in [1.82, 2.24) is 0 Å². The van der Waals surface area contributed by atoms with Gasteiger partial charge in [-0.3, -0.25) is 0 Å². The van der Waals surface area contributed by atoms with Crippen LogP contribution in [0.5, 0.6) is 5.75 Å². The second-order valence-electron chi connectivity index (χ2n) is 9.64. The first-order chi connectivity index (χ1) is 13.0. The lowest BCUT2D eigenvalue weighted by Gasteiger charge is -2.69. The normalized spacial score (nSPS) is 40.3. The number of phenols is 1. The van der Waals surface area contributed by atoms with E-state index in [9.17, 15) is 10.3 Å². The lowest BCUT2D eigenvalue weighted by Crippen LogP contribution is -2.78. The van der Waals surface area contributed by atoms with Crippen molar-refractivity contribution >= 4 is 0 Å². The number of ether oxygens (including phenoxy) is 1. The van der Waals surface area contributed by atoms with Gasteiger partial charge in [-0.1, -0.05) is 25.8 Å². The van der Waals surface area contributed by atoms with E-state index >= 15 is 0 Å². The maximum absolute atomic E-state index is 14.2. The lowest BCUT2D eigenvalue weighted by atomic mass is 9.49. The highest BCUT2D eigenvalue weighted by Crippen LogP contribution is 2.62. The standard InChI is InChI=1S/C23H33NO3/c1-2-13-27-23-10-4-3-9-22(23)11-12-24(26,16-17-5-6-17)21(23)14-18-7-8-19(25)15-20(18)22/h7-8,15,17,21,25H,2-6,9-14,16H2,1H3/t21-,22+,23-,24?/m1/s1. The Balaban J connectivity index is 1.67. The van der Waals surface area contributed by atoms with Gasteiger partial charge in [0.05, 0.1) is 13.1 Å². The summed E-state index contributed by atoms with van der Waals surface area (Å²) in [6, 6.07) is 5.88. The van der Waals surface area contributed by atoms with E-state index in [1.54, 1.807) is 6.07 Å². The summed E-state index contributed by atoms with van der Waals surface area (Å²) in [6.45, 7) is 4.39. The summed E-state index contributed by atoms with van der Waals surface area (Å²) in [6.07, 6.45) is 9.59. The predicted molar refractivity (Wildman–Crippen MR) is 105 cm³/mol. The first-order valence-corrected chi connectivity index (χ1v) is 11.1. The van der Waals surface area contributed by atoms with E-state index in [2.05, 4.69) is 13.0 Å². The van der Waals surface area contributed by atoms with Crippen LogP contribution in [-0.4, -0.2) is 41.1 Å². The fraction of sp³-hybridized carbons (Fsp3) is 0.739. The summed E-state index contributed by atoms with van der Waals surface area (Å²) in [5, 5.41) is 24.5. The molecule has 2 saturated carbocycles. The number of fused-ring (bicyclic) bond motifs is 1. The largest absolute Gasteiger partial charge is 0.632 e. The van der Waals surface area contributed by atoms with E-state index in [-0.39, 0.29) is 21.7 Å². The minimum Gasteiger partial charge on any atom is -0.632 e. The Labute approximate surface area is 162 Å². The molecule has 0 spiro atoms. The molecule has 1 aromatic carbocycles. The van der Waals surface area contributed by atoms with E-state index < -0.39 is 0 Å². The third-order valence-corrected chi connectivity index (χ3v) is 8.09. The maximum atomic E-state index is 14.2. The van der Waals surface area contributed by atoms with Crippen LogP contribution < -0.4 is 0 Å². The molecule has 3 aliphatic carbocycles. The SMILES string of the molecule is CCCO[C@@]12CCCC[C@@]13CC[N+]([O-])(CC1CC1)[C@@H]2Cc1ccc(O)cc13. The molecule has 5 rings (SSSR count). The third kappa shape index (κ3) is 2.53. The minimum absolute atomic E-state index is 0.00995. The summed E-state index contributed by atoms with van der Waals surface area (Å²) in [5.41, 5.74) is 2.13. The Morgan fingerprint density at radius 3 is 2.81 bits per heavy atom. The van der Waals surface area contributed by atoms with Gasteiger partial charge in [-0.05, 0) is 55.4 Å². The average molecular weight is 372 g/mol. The molecule has 4 heteroatoms. The Bertz CT molecular complexity index is 732. The number of hydrogen-bond acceptors (Lipinski definition) is 3. The monoisotopic (exact) mass is 371 g/mol. The van der Waals surface area contributed by atoms with Gasteiger partial charge in [0, 0.05) is 30.8 Å². The van der Waals surface area contributed by atoms with Gasteiger partial charge in [0.25, 0.3) is 0 Å². The van der Waals surface area contributed by atoms with Gasteiger partial charge in [0.2, 0.25) is 0 Å². The van der Waals surface area contributed by atoms with E-state index in [1.807, 2.05) is 6.07 Å². The van der Waals surface area contributed by atoms with Crippen molar-refractivity contribution in [3.05, 3.63) is 34.5 Å². The molecule has 0 amide bonds. The lowest BCUT2D eigenvalue weighted by molar-refractivity contribution is -0.924. The van der Waals surface area contributed by atoms with Crippen molar-refractivity contribution in [1.29, 1.82) is 0 Å². The molecular formula is C23H33NO3. The highest BCUT2D eigenvalue weighted by atomic mass is 16.6. The quantitative estimate of drug-likeness (QED) is 0.616. The average Bonchev–Trinajstić information content (AvgIpc) is 3.47. The Morgan fingerprint density at radius 1 is 1.22 bits per heavy atom. The molecule has 1 unspecified atom stereocenters. The fourth-order valence-corrected chi connectivity index (χ4v) is 6.77. The van der Waals surface area contributed by atoms with Gasteiger partial charge in [0.1, 0.15) is 17.4 Å². The van der Waals surface area contributed by atoms with Crippen LogP contribution in [0.2, 0.25) is 0 Å². The maximum Gasteiger partial charge on any atom is 0.130 e. The molecule has 0 aromatic heterocycles. The molecule has 4 aliphatic rings. The molecule has 148 valence electrons. The zero-order chi connectivity index (χ0) is 18.7. The number of rotatable bonds is 5. The molecule has 1 aromatic rings. The van der Waals surface area contributed by atoms with Gasteiger partial charge in [-0.2, -0.15) is 0 Å². The summed E-state index contributed by atoms with van der Waals surface area (Å²) in [4.78, 5) is 0. The predicted octanol–water partition coefficient (Wildman–Crippen LogP) is 4.42. The first-order valence-electron chi connectivity index (χ1n) is 11.1. The van der Waals surface area contributed by atoms with E-state index in [1.165, 1.54) is 30.4 Å². The van der Waals surface area contributed by atoms with Crippen molar-refractivity contribution in [2.75, 3.05) is 19.7 Å². The van der Waals surface area contributed by atoms with E-state index in [4.69, 9.17) is 4.74 Å². The molecule has 1 N–H and O–H groups in total. The van der Waals surface area contributed by atoms with Crippen molar-refractivity contribution in [3.8, 4) is 5.75 Å². The molecule has 1 saturated heterocycles. The van der Waals surface area contributed by atoms with Gasteiger partial charge in [-0.15, -0.1) is 0 Å². The van der Waals surface area contributed by atoms with Crippen LogP contribution in [0.4, 0.5) is 0 Å². The molecule has 4 atom stereocenters. The second kappa shape index (κ2) is 6.20. The van der Waals surface area contributed by atoms with Crippen LogP contribution in [0.3, 0.4) is 0 Å². The molecule has 0 radical (unpaired) electrons. The summed E-state index contributed by atoms with van der Waals surface area (Å²) in [5.74, 6) is 0.978. The zero-order valence-corrected chi connectivity index (χ0v) is 16.6. The summed E-state index contributed by atoms with van der Waals surface area (Å²) >= 11 is 0. The number of benzene rings is 1. The van der Waals surface area contributed by atoms with Crippen molar-refractivity contribution in [2.24, 2.45) is 5.92 Å². The highest BCUT2D eigenvalue weighted by molar-refractivity contribution is 5.47. The molecule has 4 nitrogen and oxygen atoms in total. The van der Waals surface area contributed by atoms with Gasteiger partial charge >= 0.3 is 0 Å². The number of quaternary nitrogens is 1. The van der Waals surface area contributed by atoms with Gasteiger partial charge in [-0.25, -0.2) is 0 Å².